The third kappa shape index (κ3) is 3.07. The Bertz CT molecular complexity index is 490. The number of hydrogen-bond acceptors (Lipinski definition) is 4. The number of rotatable bonds is 3. The van der Waals surface area contributed by atoms with Crippen molar-refractivity contribution in [2.45, 2.75) is 13.3 Å². The molecule has 0 amide bonds. The molecule has 0 atom stereocenters. The molecule has 1 aromatic carbocycles. The number of nitrogens with one attached hydrogen (secondary N) is 1. The van der Waals surface area contributed by atoms with Crippen LogP contribution in [0.4, 0.5) is 17.5 Å². The van der Waals surface area contributed by atoms with Gasteiger partial charge in [-0.25, -0.2) is 4.98 Å². The Labute approximate surface area is 105 Å². The van der Waals surface area contributed by atoms with E-state index in [4.69, 9.17) is 17.3 Å². The van der Waals surface area contributed by atoms with Crippen LogP contribution in [-0.2, 0) is 6.42 Å². The van der Waals surface area contributed by atoms with E-state index in [2.05, 4.69) is 34.3 Å². The second kappa shape index (κ2) is 5.01. The maximum atomic E-state index is 5.79. The monoisotopic (exact) mass is 248 g/mol. The molecule has 0 spiro atoms. The summed E-state index contributed by atoms with van der Waals surface area (Å²) in [5, 5.41) is 3.45. The van der Waals surface area contributed by atoms with Crippen LogP contribution in [0.1, 0.15) is 12.5 Å². The highest BCUT2D eigenvalue weighted by Gasteiger charge is 2.01. The number of halogens is 1. The maximum absolute atomic E-state index is 5.79. The second-order valence-corrected chi connectivity index (χ2v) is 4.00. The molecule has 0 radical (unpaired) electrons. The molecule has 2 rings (SSSR count). The van der Waals surface area contributed by atoms with Gasteiger partial charge in [0.25, 0.3) is 0 Å². The zero-order valence-corrected chi connectivity index (χ0v) is 10.2. The first kappa shape index (κ1) is 11.7. The van der Waals surface area contributed by atoms with Crippen molar-refractivity contribution in [3.05, 3.63) is 41.0 Å². The standard InChI is InChI=1S/C12H13ClN4/c1-2-8-3-5-9(6-4-8)15-11-7-10(13)16-12(14)17-11/h3-7H,2H2,1H3,(H3,14,15,16,17). The van der Waals surface area contributed by atoms with Crippen molar-refractivity contribution in [2.24, 2.45) is 0 Å². The fourth-order valence-electron chi connectivity index (χ4n) is 1.47. The van der Waals surface area contributed by atoms with E-state index in [1.54, 1.807) is 6.07 Å². The summed E-state index contributed by atoms with van der Waals surface area (Å²) < 4.78 is 0. The van der Waals surface area contributed by atoms with E-state index in [1.165, 1.54) is 5.56 Å². The van der Waals surface area contributed by atoms with E-state index < -0.39 is 0 Å². The Morgan fingerprint density at radius 2 is 1.94 bits per heavy atom. The van der Waals surface area contributed by atoms with Gasteiger partial charge in [-0.3, -0.25) is 0 Å². The highest BCUT2D eigenvalue weighted by atomic mass is 35.5. The molecular weight excluding hydrogens is 236 g/mol. The number of benzene rings is 1. The molecular formula is C12H13ClN4. The summed E-state index contributed by atoms with van der Waals surface area (Å²) >= 11 is 5.79. The van der Waals surface area contributed by atoms with E-state index in [0.717, 1.165) is 12.1 Å². The number of nitrogen functional groups attached to an aromatic ring is 1. The van der Waals surface area contributed by atoms with Crippen molar-refractivity contribution in [2.75, 3.05) is 11.1 Å². The fraction of sp³-hybridized carbons (Fsp3) is 0.167. The lowest BCUT2D eigenvalue weighted by atomic mass is 10.1. The summed E-state index contributed by atoms with van der Waals surface area (Å²) in [4.78, 5) is 7.84. The van der Waals surface area contributed by atoms with E-state index in [1.807, 2.05) is 12.1 Å². The average Bonchev–Trinajstić information content (AvgIpc) is 2.28. The number of nitrogens with zero attached hydrogens (tertiary/aromatic N) is 2. The lowest BCUT2D eigenvalue weighted by Crippen LogP contribution is -2.00. The van der Waals surface area contributed by atoms with E-state index in [-0.39, 0.29) is 5.95 Å². The van der Waals surface area contributed by atoms with Crippen molar-refractivity contribution in [1.82, 2.24) is 9.97 Å². The van der Waals surface area contributed by atoms with Crippen LogP contribution in [0.3, 0.4) is 0 Å². The molecule has 5 heteroatoms. The third-order valence-corrected chi connectivity index (χ3v) is 2.54. The normalized spacial score (nSPS) is 10.2. The van der Waals surface area contributed by atoms with Gasteiger partial charge in [-0.1, -0.05) is 30.7 Å². The molecule has 0 saturated heterocycles. The molecule has 3 N–H and O–H groups in total. The van der Waals surface area contributed by atoms with Crippen LogP contribution in [0, 0.1) is 0 Å². The Morgan fingerprint density at radius 3 is 2.53 bits per heavy atom. The predicted octanol–water partition coefficient (Wildman–Crippen LogP) is 3.02. The highest BCUT2D eigenvalue weighted by molar-refractivity contribution is 6.29. The van der Waals surface area contributed by atoms with Crippen LogP contribution in [-0.4, -0.2) is 9.97 Å². The maximum Gasteiger partial charge on any atom is 0.223 e. The number of hydrogen-bond donors (Lipinski definition) is 2. The Hall–Kier alpha value is -1.81. The van der Waals surface area contributed by atoms with Gasteiger partial charge in [0.05, 0.1) is 0 Å². The van der Waals surface area contributed by atoms with Gasteiger partial charge in [-0.2, -0.15) is 4.98 Å². The zero-order chi connectivity index (χ0) is 12.3. The average molecular weight is 249 g/mol. The van der Waals surface area contributed by atoms with Gasteiger partial charge >= 0.3 is 0 Å². The molecule has 0 aliphatic carbocycles. The molecule has 88 valence electrons. The van der Waals surface area contributed by atoms with Gasteiger partial charge < -0.3 is 11.1 Å². The molecule has 2 aromatic rings. The molecule has 1 heterocycles. The summed E-state index contributed by atoms with van der Waals surface area (Å²) in [6, 6.07) is 9.74. The minimum absolute atomic E-state index is 0.158. The number of aryl methyl sites for hydroxylation is 1. The van der Waals surface area contributed by atoms with Crippen LogP contribution in [0.5, 0.6) is 0 Å². The number of anilines is 3. The van der Waals surface area contributed by atoms with E-state index >= 15 is 0 Å². The molecule has 0 aliphatic heterocycles. The molecule has 4 nitrogen and oxygen atoms in total. The summed E-state index contributed by atoms with van der Waals surface area (Å²) in [5.74, 6) is 0.747. The first-order valence-electron chi connectivity index (χ1n) is 5.33. The molecule has 0 saturated carbocycles. The molecule has 0 aliphatic rings. The van der Waals surface area contributed by atoms with Crippen molar-refractivity contribution in [3.8, 4) is 0 Å². The van der Waals surface area contributed by atoms with Gasteiger partial charge in [0.1, 0.15) is 11.0 Å². The lowest BCUT2D eigenvalue weighted by molar-refractivity contribution is 1.14. The SMILES string of the molecule is CCc1ccc(Nc2cc(Cl)nc(N)n2)cc1. The quantitative estimate of drug-likeness (QED) is 0.820. The lowest BCUT2D eigenvalue weighted by Gasteiger charge is -2.07. The molecule has 0 bridgehead atoms. The van der Waals surface area contributed by atoms with Gasteiger partial charge in [0, 0.05) is 11.8 Å². The summed E-state index contributed by atoms with van der Waals surface area (Å²) in [7, 11) is 0. The van der Waals surface area contributed by atoms with Crippen molar-refractivity contribution in [3.63, 3.8) is 0 Å². The predicted molar refractivity (Wildman–Crippen MR) is 70.6 cm³/mol. The van der Waals surface area contributed by atoms with Crippen molar-refractivity contribution in [1.29, 1.82) is 0 Å². The van der Waals surface area contributed by atoms with Crippen LogP contribution in [0.2, 0.25) is 5.15 Å². The smallest absolute Gasteiger partial charge is 0.223 e. The number of nitrogens with two attached hydrogens (primary N) is 1. The molecule has 0 unspecified atom stereocenters. The Balaban J connectivity index is 2.19. The minimum atomic E-state index is 0.158. The van der Waals surface area contributed by atoms with Crippen molar-refractivity contribution < 1.29 is 0 Å². The molecule has 0 fully saturated rings. The topological polar surface area (TPSA) is 63.8 Å². The second-order valence-electron chi connectivity index (χ2n) is 3.61. The van der Waals surface area contributed by atoms with Gasteiger partial charge in [-0.15, -0.1) is 0 Å². The van der Waals surface area contributed by atoms with Gasteiger partial charge in [-0.05, 0) is 24.1 Å². The first-order chi connectivity index (χ1) is 8.17. The number of aromatic nitrogens is 2. The van der Waals surface area contributed by atoms with Gasteiger partial charge in [0.15, 0.2) is 0 Å². The van der Waals surface area contributed by atoms with Crippen LogP contribution < -0.4 is 11.1 Å². The Morgan fingerprint density at radius 1 is 1.24 bits per heavy atom. The molecule has 17 heavy (non-hydrogen) atoms. The van der Waals surface area contributed by atoms with E-state index in [0.29, 0.717) is 11.0 Å². The van der Waals surface area contributed by atoms with Crippen molar-refractivity contribution >= 4 is 29.1 Å². The molecule has 1 aromatic heterocycles. The minimum Gasteiger partial charge on any atom is -0.368 e. The Kier molecular flexibility index (Phi) is 3.44. The van der Waals surface area contributed by atoms with Gasteiger partial charge in [0.2, 0.25) is 5.95 Å². The van der Waals surface area contributed by atoms with Crippen LogP contribution >= 0.6 is 11.6 Å². The van der Waals surface area contributed by atoms with Crippen LogP contribution in [0.25, 0.3) is 0 Å². The highest BCUT2D eigenvalue weighted by Crippen LogP contribution is 2.18. The summed E-state index contributed by atoms with van der Waals surface area (Å²) in [6.45, 7) is 2.12. The largest absolute Gasteiger partial charge is 0.368 e. The first-order valence-corrected chi connectivity index (χ1v) is 5.71. The summed E-state index contributed by atoms with van der Waals surface area (Å²) in [6.07, 6.45) is 1.02. The third-order valence-electron chi connectivity index (χ3n) is 2.35. The fourth-order valence-corrected chi connectivity index (χ4v) is 1.66. The van der Waals surface area contributed by atoms with E-state index in [9.17, 15) is 0 Å². The zero-order valence-electron chi connectivity index (χ0n) is 9.44. The summed E-state index contributed by atoms with van der Waals surface area (Å²) in [5.41, 5.74) is 7.74. The van der Waals surface area contributed by atoms with Crippen LogP contribution in [0.15, 0.2) is 30.3 Å².